The number of ether oxygens (including phenoxy) is 2. The summed E-state index contributed by atoms with van der Waals surface area (Å²) < 4.78 is 37.6. The minimum atomic E-state index is -4.24. The summed E-state index contributed by atoms with van der Waals surface area (Å²) in [4.78, 5) is 27.4. The Morgan fingerprint density at radius 1 is 1.31 bits per heavy atom. The molecule has 1 unspecified atom stereocenters. The number of nitrogens with one attached hydrogen (secondary N) is 1. The maximum Gasteiger partial charge on any atom is 0.459 e. The van der Waals surface area contributed by atoms with Crippen molar-refractivity contribution in [1.29, 1.82) is 0 Å². The largest absolute Gasteiger partial charge is 0.462 e. The lowest BCUT2D eigenvalue weighted by Gasteiger charge is -2.25. The van der Waals surface area contributed by atoms with E-state index in [0.717, 1.165) is 0 Å². The van der Waals surface area contributed by atoms with Gasteiger partial charge in [0.1, 0.15) is 42.0 Å². The molecule has 17 heteroatoms. The molecule has 3 heterocycles. The number of hydrogen-bond acceptors (Lipinski definition) is 12. The number of carbonyl (C=O) groups is 1. The molecule has 0 saturated carbocycles. The number of rotatable bonds is 11. The van der Waals surface area contributed by atoms with Crippen molar-refractivity contribution in [3.63, 3.8) is 0 Å². The van der Waals surface area contributed by atoms with Gasteiger partial charge in [-0.05, 0) is 38.4 Å². The number of azide groups is 1. The van der Waals surface area contributed by atoms with Gasteiger partial charge in [-0.1, -0.05) is 23.3 Å². The highest BCUT2D eigenvalue weighted by molar-refractivity contribution is 7.52. The second-order valence-corrected chi connectivity index (χ2v) is 10.6. The van der Waals surface area contributed by atoms with Crippen molar-refractivity contribution in [2.45, 2.75) is 57.4 Å². The van der Waals surface area contributed by atoms with Crippen molar-refractivity contribution >= 4 is 30.7 Å². The molecule has 6 atom stereocenters. The van der Waals surface area contributed by atoms with E-state index in [0.29, 0.717) is 5.52 Å². The number of esters is 1. The highest BCUT2D eigenvalue weighted by Crippen LogP contribution is 2.46. The van der Waals surface area contributed by atoms with Crippen LogP contribution in [0.2, 0.25) is 0 Å². The van der Waals surface area contributed by atoms with Crippen molar-refractivity contribution in [3.8, 4) is 5.75 Å². The number of hydrogen-bond donors (Lipinski definition) is 3. The Kier molecular flexibility index (Phi) is 8.65. The van der Waals surface area contributed by atoms with Gasteiger partial charge in [0.2, 0.25) is 0 Å². The Hall–Kier alpha value is -3.78. The summed E-state index contributed by atoms with van der Waals surface area (Å²) in [6, 6.07) is 6.00. The Bertz CT molecular complexity index is 1400. The van der Waals surface area contributed by atoms with Gasteiger partial charge in [-0.15, -0.1) is 0 Å². The van der Waals surface area contributed by atoms with E-state index in [-0.39, 0.29) is 17.2 Å². The van der Waals surface area contributed by atoms with Gasteiger partial charge in [0, 0.05) is 4.91 Å². The number of aromatic nitrogens is 4. The van der Waals surface area contributed by atoms with Crippen LogP contribution < -0.4 is 15.3 Å². The van der Waals surface area contributed by atoms with E-state index in [1.165, 1.54) is 24.1 Å². The molecule has 3 aromatic rings. The molecule has 208 valence electrons. The van der Waals surface area contributed by atoms with Crippen LogP contribution in [0, 0.1) is 0 Å². The summed E-state index contributed by atoms with van der Waals surface area (Å²) in [5, 5.41) is 17.2. The van der Waals surface area contributed by atoms with Crippen molar-refractivity contribution in [3.05, 3.63) is 53.4 Å². The molecule has 39 heavy (non-hydrogen) atoms. The van der Waals surface area contributed by atoms with Crippen molar-refractivity contribution in [1.82, 2.24) is 24.6 Å². The minimum absolute atomic E-state index is 0.132. The first-order valence-electron chi connectivity index (χ1n) is 11.9. The molecule has 0 bridgehead atoms. The van der Waals surface area contributed by atoms with Crippen molar-refractivity contribution in [2.75, 3.05) is 12.3 Å². The number of para-hydroxylation sites is 1. The average Bonchev–Trinajstić information content (AvgIpc) is 3.45. The van der Waals surface area contributed by atoms with Crippen LogP contribution in [0.5, 0.6) is 5.75 Å². The van der Waals surface area contributed by atoms with Crippen LogP contribution in [-0.2, 0) is 23.4 Å². The standard InChI is InChI=1S/C22H28N9O7P/c1-12(2)36-22(33)13(3)29-39(34,38-14-7-5-4-6-8-14)35-9-15-18(32)16(28-30-24)21(37-15)31-11-27-17-19(23)25-10-26-20(17)31/h4-8,10-13,15-16,18,21,32H,9H2,1-3H3,(H,29,34)(H2,23,25,26)/t13-,15-,16-,18-,21-,39?/m1/s1. The Labute approximate surface area is 222 Å². The lowest BCUT2D eigenvalue weighted by atomic mass is 10.1. The zero-order chi connectivity index (χ0) is 28.2. The van der Waals surface area contributed by atoms with E-state index in [2.05, 4.69) is 30.1 Å². The Balaban J connectivity index is 1.55. The van der Waals surface area contributed by atoms with Crippen molar-refractivity contribution < 1.29 is 33.0 Å². The molecule has 2 aromatic heterocycles. The Morgan fingerprint density at radius 2 is 2.05 bits per heavy atom. The number of nitrogens with zero attached hydrogens (tertiary/aromatic N) is 7. The Morgan fingerprint density at radius 3 is 2.74 bits per heavy atom. The fraction of sp³-hybridized carbons (Fsp3) is 0.455. The van der Waals surface area contributed by atoms with E-state index in [9.17, 15) is 14.5 Å². The normalized spacial score (nSPS) is 23.2. The number of imidazole rings is 1. The van der Waals surface area contributed by atoms with E-state index >= 15 is 0 Å². The first-order chi connectivity index (χ1) is 18.6. The molecule has 0 aliphatic carbocycles. The number of aliphatic hydroxyl groups is 1. The third-order valence-electron chi connectivity index (χ3n) is 5.62. The van der Waals surface area contributed by atoms with Crippen LogP contribution in [0.4, 0.5) is 5.82 Å². The van der Waals surface area contributed by atoms with E-state index < -0.39 is 56.9 Å². The third kappa shape index (κ3) is 6.45. The predicted octanol–water partition coefficient (Wildman–Crippen LogP) is 2.48. The number of fused-ring (bicyclic) bond motifs is 1. The van der Waals surface area contributed by atoms with Crippen LogP contribution in [0.25, 0.3) is 21.6 Å². The molecule has 4 N–H and O–H groups in total. The number of benzene rings is 1. The van der Waals surface area contributed by atoms with Gasteiger partial charge in [-0.2, -0.15) is 5.09 Å². The highest BCUT2D eigenvalue weighted by atomic mass is 31.2. The lowest BCUT2D eigenvalue weighted by Crippen LogP contribution is -2.37. The predicted molar refractivity (Wildman–Crippen MR) is 137 cm³/mol. The topological polar surface area (TPSA) is 222 Å². The number of anilines is 1. The number of aliphatic hydroxyl groups excluding tert-OH is 1. The molecule has 1 saturated heterocycles. The van der Waals surface area contributed by atoms with Crippen LogP contribution >= 0.6 is 7.75 Å². The summed E-state index contributed by atoms with van der Waals surface area (Å²) >= 11 is 0. The second-order valence-electron chi connectivity index (χ2n) is 8.87. The molecule has 0 amide bonds. The summed E-state index contributed by atoms with van der Waals surface area (Å²) in [5.41, 5.74) is 15.6. The summed E-state index contributed by atoms with van der Waals surface area (Å²) in [7, 11) is -4.24. The first kappa shape index (κ1) is 28.2. The SMILES string of the molecule is CC(C)OC(=O)[C@@H](C)NP(=O)(OC[C@H]1O[C@@H](n2cnc3c(N)ncnc32)[C@H](N=[N+]=[N-])[C@@H]1O)Oc1ccccc1. The second kappa shape index (κ2) is 11.9. The monoisotopic (exact) mass is 561 g/mol. The van der Waals surface area contributed by atoms with Gasteiger partial charge < -0.3 is 24.8 Å². The lowest BCUT2D eigenvalue weighted by molar-refractivity contribution is -0.149. The van der Waals surface area contributed by atoms with Gasteiger partial charge in [0.25, 0.3) is 0 Å². The molecule has 1 aliphatic rings. The maximum absolute atomic E-state index is 13.7. The molecule has 1 fully saturated rings. The van der Waals surface area contributed by atoms with E-state index in [1.807, 2.05) is 0 Å². The van der Waals surface area contributed by atoms with Crippen LogP contribution in [0.15, 0.2) is 48.1 Å². The van der Waals surface area contributed by atoms with Gasteiger partial charge in [0.15, 0.2) is 11.5 Å². The number of nitrogen functional groups attached to an aromatic ring is 1. The first-order valence-corrected chi connectivity index (χ1v) is 13.4. The van der Waals surface area contributed by atoms with Gasteiger partial charge in [-0.3, -0.25) is 13.9 Å². The van der Waals surface area contributed by atoms with E-state index in [4.69, 9.17) is 29.8 Å². The average molecular weight is 561 g/mol. The smallest absolute Gasteiger partial charge is 0.459 e. The minimum Gasteiger partial charge on any atom is -0.462 e. The molecule has 1 aromatic carbocycles. The molecule has 4 rings (SSSR count). The van der Waals surface area contributed by atoms with E-state index in [1.54, 1.807) is 44.2 Å². The third-order valence-corrected chi connectivity index (χ3v) is 7.26. The molecular formula is C22H28N9O7P. The molecule has 0 spiro atoms. The zero-order valence-corrected chi connectivity index (χ0v) is 22.2. The van der Waals surface area contributed by atoms with Gasteiger partial charge in [0.05, 0.1) is 25.1 Å². The van der Waals surface area contributed by atoms with Crippen LogP contribution in [-0.4, -0.2) is 67.6 Å². The van der Waals surface area contributed by atoms with Crippen LogP contribution in [0.3, 0.4) is 0 Å². The zero-order valence-electron chi connectivity index (χ0n) is 21.3. The van der Waals surface area contributed by atoms with Gasteiger partial charge in [-0.25, -0.2) is 19.5 Å². The maximum atomic E-state index is 13.7. The summed E-state index contributed by atoms with van der Waals surface area (Å²) in [6.07, 6.45) is -1.35. The van der Waals surface area contributed by atoms with Gasteiger partial charge >= 0.3 is 13.7 Å². The van der Waals surface area contributed by atoms with Crippen LogP contribution in [0.1, 0.15) is 27.0 Å². The fourth-order valence-electron chi connectivity index (χ4n) is 3.84. The van der Waals surface area contributed by atoms with Crippen molar-refractivity contribution in [2.24, 2.45) is 5.11 Å². The molecule has 0 radical (unpaired) electrons. The quantitative estimate of drug-likeness (QED) is 0.101. The number of nitrogens with two attached hydrogens (primary N) is 1. The fourth-order valence-corrected chi connectivity index (χ4v) is 5.35. The molecule has 1 aliphatic heterocycles. The molecular weight excluding hydrogens is 533 g/mol. The highest BCUT2D eigenvalue weighted by Gasteiger charge is 2.46. The summed E-state index contributed by atoms with van der Waals surface area (Å²) in [6.45, 7) is 4.34. The number of carbonyl (C=O) groups excluding carboxylic acids is 1. The molecule has 16 nitrogen and oxygen atoms in total. The summed E-state index contributed by atoms with van der Waals surface area (Å²) in [5.74, 6) is -0.329.